The van der Waals surface area contributed by atoms with Gasteiger partial charge in [0.2, 0.25) is 5.91 Å². The average molecular weight is 269 g/mol. The fourth-order valence-corrected chi connectivity index (χ4v) is 3.16. The van der Waals surface area contributed by atoms with Crippen molar-refractivity contribution in [2.75, 3.05) is 19.7 Å². The lowest BCUT2D eigenvalue weighted by Crippen LogP contribution is -2.65. The van der Waals surface area contributed by atoms with Gasteiger partial charge in [-0.25, -0.2) is 4.79 Å². The Morgan fingerprint density at radius 3 is 2.26 bits per heavy atom. The van der Waals surface area contributed by atoms with Crippen molar-refractivity contribution in [2.45, 2.75) is 51.6 Å². The summed E-state index contributed by atoms with van der Waals surface area (Å²) in [7, 11) is 0. The van der Waals surface area contributed by atoms with Crippen LogP contribution in [-0.4, -0.2) is 47.2 Å². The van der Waals surface area contributed by atoms with E-state index in [-0.39, 0.29) is 17.9 Å². The van der Waals surface area contributed by atoms with E-state index in [2.05, 4.69) is 6.92 Å². The predicted molar refractivity (Wildman–Crippen MR) is 69.8 cm³/mol. The first-order valence-electron chi connectivity index (χ1n) is 7.00. The van der Waals surface area contributed by atoms with Gasteiger partial charge >= 0.3 is 5.97 Å². The second-order valence-electron chi connectivity index (χ2n) is 6.41. The molecular formula is C14H23NO4. The Balaban J connectivity index is 1.85. The summed E-state index contributed by atoms with van der Waals surface area (Å²) in [5.74, 6) is -0.756. The molecule has 1 saturated carbocycles. The number of likely N-dealkylation sites (tertiary alicyclic amines) is 1. The summed E-state index contributed by atoms with van der Waals surface area (Å²) in [5, 5.41) is 8.61. The van der Waals surface area contributed by atoms with Crippen LogP contribution in [0, 0.1) is 5.41 Å². The number of carboxylic acid groups (broad SMARTS) is 1. The zero-order chi connectivity index (χ0) is 14.1. The van der Waals surface area contributed by atoms with Gasteiger partial charge in [0.25, 0.3) is 0 Å². The summed E-state index contributed by atoms with van der Waals surface area (Å²) in [4.78, 5) is 24.8. The van der Waals surface area contributed by atoms with E-state index in [1.807, 2.05) is 11.8 Å². The van der Waals surface area contributed by atoms with Crippen LogP contribution < -0.4 is 0 Å². The van der Waals surface area contributed by atoms with Crippen molar-refractivity contribution in [3.8, 4) is 0 Å². The highest BCUT2D eigenvalue weighted by atomic mass is 16.5. The van der Waals surface area contributed by atoms with Crippen molar-refractivity contribution >= 4 is 11.9 Å². The normalized spacial score (nSPS) is 24.6. The molecule has 1 N–H and O–H groups in total. The second-order valence-corrected chi connectivity index (χ2v) is 6.41. The first kappa shape index (κ1) is 14.3. The average Bonchev–Trinajstić information content (AvgIpc) is 2.33. The molecule has 0 aromatic rings. The monoisotopic (exact) mass is 269 g/mol. The maximum absolute atomic E-state index is 12.5. The van der Waals surface area contributed by atoms with E-state index in [0.29, 0.717) is 13.1 Å². The van der Waals surface area contributed by atoms with Gasteiger partial charge in [-0.05, 0) is 19.8 Å². The minimum Gasteiger partial charge on any atom is -0.480 e. The molecule has 2 rings (SSSR count). The zero-order valence-corrected chi connectivity index (χ0v) is 11.8. The van der Waals surface area contributed by atoms with Gasteiger partial charge in [0.15, 0.2) is 0 Å². The summed E-state index contributed by atoms with van der Waals surface area (Å²) in [6.45, 7) is 4.64. The smallest absolute Gasteiger partial charge is 0.329 e. The number of nitrogens with zero attached hydrogens (tertiary/aromatic N) is 1. The number of hydrogen-bond donors (Lipinski definition) is 1. The highest BCUT2D eigenvalue weighted by Crippen LogP contribution is 2.39. The topological polar surface area (TPSA) is 66.8 Å². The Bertz CT molecular complexity index is 368. The number of ether oxygens (including phenoxy) is 1. The van der Waals surface area contributed by atoms with E-state index < -0.39 is 11.6 Å². The van der Waals surface area contributed by atoms with Gasteiger partial charge in [0.05, 0.1) is 13.1 Å². The number of hydrogen-bond acceptors (Lipinski definition) is 3. The summed E-state index contributed by atoms with van der Waals surface area (Å²) < 4.78 is 5.33. The number of carbonyl (C=O) groups is 2. The van der Waals surface area contributed by atoms with Crippen LogP contribution in [0.4, 0.5) is 0 Å². The van der Waals surface area contributed by atoms with Gasteiger partial charge in [-0.2, -0.15) is 0 Å². The molecule has 0 aromatic heterocycles. The van der Waals surface area contributed by atoms with E-state index in [1.165, 1.54) is 6.42 Å². The molecule has 108 valence electrons. The van der Waals surface area contributed by atoms with Crippen LogP contribution in [0.25, 0.3) is 0 Å². The Labute approximate surface area is 113 Å². The third-order valence-electron chi connectivity index (χ3n) is 4.36. The molecule has 19 heavy (non-hydrogen) atoms. The minimum absolute atomic E-state index is 0.212. The molecule has 1 aliphatic heterocycles. The standard InChI is InChI=1S/C14H23NO4/c1-13(6-4-3-5-7-13)12(18)15-9-14(2,10-15)19-8-11(16)17/h3-10H2,1-2H3,(H,16,17). The molecule has 5 heteroatoms. The van der Waals surface area contributed by atoms with E-state index in [0.717, 1.165) is 25.7 Å². The summed E-state index contributed by atoms with van der Waals surface area (Å²) in [6, 6.07) is 0. The molecule has 1 amide bonds. The van der Waals surface area contributed by atoms with Gasteiger partial charge in [0.1, 0.15) is 12.2 Å². The highest BCUT2D eigenvalue weighted by molar-refractivity contribution is 5.83. The predicted octanol–water partition coefficient (Wildman–Crippen LogP) is 1.66. The Morgan fingerprint density at radius 2 is 1.74 bits per heavy atom. The number of carbonyl (C=O) groups excluding carboxylic acids is 1. The highest BCUT2D eigenvalue weighted by Gasteiger charge is 2.47. The van der Waals surface area contributed by atoms with Crippen molar-refractivity contribution < 1.29 is 19.4 Å². The molecule has 0 atom stereocenters. The number of rotatable bonds is 4. The van der Waals surface area contributed by atoms with Gasteiger partial charge < -0.3 is 14.7 Å². The van der Waals surface area contributed by atoms with Gasteiger partial charge in [-0.1, -0.05) is 26.2 Å². The Hall–Kier alpha value is -1.10. The molecule has 0 aromatic carbocycles. The molecule has 2 fully saturated rings. The third kappa shape index (κ3) is 3.08. The summed E-state index contributed by atoms with van der Waals surface area (Å²) in [6.07, 6.45) is 5.41. The van der Waals surface area contributed by atoms with Crippen molar-refractivity contribution in [1.29, 1.82) is 0 Å². The SMILES string of the molecule is CC1(OCC(=O)O)CN(C(=O)C2(C)CCCCC2)C1. The van der Waals surface area contributed by atoms with Crippen LogP contribution in [0.3, 0.4) is 0 Å². The van der Waals surface area contributed by atoms with E-state index in [9.17, 15) is 9.59 Å². The Kier molecular flexibility index (Phi) is 3.85. The molecule has 1 saturated heterocycles. The maximum Gasteiger partial charge on any atom is 0.329 e. The third-order valence-corrected chi connectivity index (χ3v) is 4.36. The van der Waals surface area contributed by atoms with Gasteiger partial charge in [-0.3, -0.25) is 4.79 Å². The summed E-state index contributed by atoms with van der Waals surface area (Å²) >= 11 is 0. The number of carboxylic acids is 1. The molecule has 1 aliphatic carbocycles. The van der Waals surface area contributed by atoms with Crippen LogP contribution >= 0.6 is 0 Å². The van der Waals surface area contributed by atoms with Crippen LogP contribution in [0.15, 0.2) is 0 Å². The molecule has 0 bridgehead atoms. The lowest BCUT2D eigenvalue weighted by atomic mass is 9.73. The molecule has 1 heterocycles. The number of aliphatic carboxylic acids is 1. The minimum atomic E-state index is -0.967. The lowest BCUT2D eigenvalue weighted by Gasteiger charge is -2.50. The molecule has 0 spiro atoms. The van der Waals surface area contributed by atoms with Crippen molar-refractivity contribution in [1.82, 2.24) is 4.90 Å². The first-order valence-corrected chi connectivity index (χ1v) is 7.00. The molecule has 5 nitrogen and oxygen atoms in total. The largest absolute Gasteiger partial charge is 0.480 e. The van der Waals surface area contributed by atoms with Crippen molar-refractivity contribution in [2.24, 2.45) is 5.41 Å². The van der Waals surface area contributed by atoms with Gasteiger partial charge in [0, 0.05) is 5.41 Å². The van der Waals surface area contributed by atoms with Crippen LogP contribution in [-0.2, 0) is 14.3 Å². The lowest BCUT2D eigenvalue weighted by molar-refractivity contribution is -0.180. The van der Waals surface area contributed by atoms with E-state index in [4.69, 9.17) is 9.84 Å². The summed E-state index contributed by atoms with van der Waals surface area (Å²) in [5.41, 5.74) is -0.703. The van der Waals surface area contributed by atoms with Crippen LogP contribution in [0.5, 0.6) is 0 Å². The Morgan fingerprint density at radius 1 is 1.16 bits per heavy atom. The van der Waals surface area contributed by atoms with Crippen LogP contribution in [0.2, 0.25) is 0 Å². The molecule has 0 radical (unpaired) electrons. The fourth-order valence-electron chi connectivity index (χ4n) is 3.16. The maximum atomic E-state index is 12.5. The first-order chi connectivity index (χ1) is 8.85. The van der Waals surface area contributed by atoms with E-state index >= 15 is 0 Å². The van der Waals surface area contributed by atoms with Crippen molar-refractivity contribution in [3.63, 3.8) is 0 Å². The van der Waals surface area contributed by atoms with Crippen LogP contribution in [0.1, 0.15) is 46.0 Å². The van der Waals surface area contributed by atoms with E-state index in [1.54, 1.807) is 0 Å². The van der Waals surface area contributed by atoms with Crippen molar-refractivity contribution in [3.05, 3.63) is 0 Å². The molecule has 2 aliphatic rings. The quantitative estimate of drug-likeness (QED) is 0.843. The molecular weight excluding hydrogens is 246 g/mol. The fraction of sp³-hybridized carbons (Fsp3) is 0.857. The molecule has 0 unspecified atom stereocenters. The van der Waals surface area contributed by atoms with Gasteiger partial charge in [-0.15, -0.1) is 0 Å². The second kappa shape index (κ2) is 5.12. The zero-order valence-electron chi connectivity index (χ0n) is 11.8. The number of amides is 1.